The van der Waals surface area contributed by atoms with Crippen molar-refractivity contribution in [1.29, 1.82) is 0 Å². The highest BCUT2D eigenvalue weighted by Crippen LogP contribution is 2.37. The summed E-state index contributed by atoms with van der Waals surface area (Å²) in [6.07, 6.45) is 2.98. The topological polar surface area (TPSA) is 68.7 Å². The van der Waals surface area contributed by atoms with Crippen LogP contribution >= 0.6 is 0 Å². The molecule has 1 heterocycles. The number of nitrogens with zero attached hydrogens (tertiary/aromatic N) is 1. The average Bonchev–Trinajstić information content (AvgIpc) is 2.55. The fraction of sp³-hybridized carbons (Fsp3) is 0.700. The molecule has 1 atom stereocenters. The van der Waals surface area contributed by atoms with Gasteiger partial charge >= 0.3 is 5.97 Å². The number of unbranched alkanes of at least 4 members (excludes halogenated alkanes) is 1. The Hall–Kier alpha value is -1.40. The summed E-state index contributed by atoms with van der Waals surface area (Å²) in [5, 5.41) is 9.62. The van der Waals surface area contributed by atoms with Gasteiger partial charge in [0, 0.05) is 18.2 Å². The second-order valence-electron chi connectivity index (χ2n) is 8.44. The first-order chi connectivity index (χ1) is 12.0. The Bertz CT molecular complexity index is 596. The van der Waals surface area contributed by atoms with Crippen LogP contribution in [0.1, 0.15) is 58.2 Å². The van der Waals surface area contributed by atoms with Crippen molar-refractivity contribution >= 4 is 14.3 Å². The van der Waals surface area contributed by atoms with Crippen LogP contribution in [0.4, 0.5) is 0 Å². The fourth-order valence-corrected chi connectivity index (χ4v) is 3.37. The molecule has 0 bridgehead atoms. The zero-order valence-corrected chi connectivity index (χ0v) is 18.4. The molecule has 6 heteroatoms. The number of pyridine rings is 1. The molecule has 1 N–H and O–H groups in total. The highest BCUT2D eigenvalue weighted by molar-refractivity contribution is 6.74. The maximum atomic E-state index is 11.5. The first-order valence-electron chi connectivity index (χ1n) is 9.40. The normalized spacial score (nSPS) is 13.5. The lowest BCUT2D eigenvalue weighted by Gasteiger charge is -2.36. The second-order valence-corrected chi connectivity index (χ2v) is 13.2. The van der Waals surface area contributed by atoms with Gasteiger partial charge in [0.2, 0.25) is 5.88 Å². The molecule has 1 rings (SSSR count). The van der Waals surface area contributed by atoms with Crippen LogP contribution in [0.15, 0.2) is 12.1 Å². The summed E-state index contributed by atoms with van der Waals surface area (Å²) in [7, 11) is -0.276. The quantitative estimate of drug-likeness (QED) is 0.575. The van der Waals surface area contributed by atoms with Gasteiger partial charge in [-0.15, -0.1) is 0 Å². The van der Waals surface area contributed by atoms with Crippen LogP contribution in [-0.2, 0) is 22.2 Å². The predicted octanol–water partition coefficient (Wildman–Crippen LogP) is 5.05. The molecule has 0 radical (unpaired) electrons. The molecule has 0 aliphatic heterocycles. The number of carboxylic acids is 1. The van der Waals surface area contributed by atoms with Crippen molar-refractivity contribution in [3.05, 3.63) is 23.4 Å². The molecule has 0 aliphatic rings. The van der Waals surface area contributed by atoms with Crippen molar-refractivity contribution in [2.24, 2.45) is 5.92 Å². The number of carbonyl (C=O) groups is 1. The van der Waals surface area contributed by atoms with Crippen LogP contribution in [0.5, 0.6) is 5.88 Å². The molecule has 0 spiro atoms. The van der Waals surface area contributed by atoms with Gasteiger partial charge in [0.25, 0.3) is 0 Å². The largest absolute Gasteiger partial charge is 0.481 e. The molecular formula is C20H35NO4Si. The summed E-state index contributed by atoms with van der Waals surface area (Å²) in [4.78, 5) is 16.0. The van der Waals surface area contributed by atoms with Gasteiger partial charge in [0.05, 0.1) is 19.6 Å². The molecule has 0 fully saturated rings. The van der Waals surface area contributed by atoms with E-state index in [2.05, 4.69) is 45.8 Å². The van der Waals surface area contributed by atoms with Crippen molar-refractivity contribution < 1.29 is 19.1 Å². The first-order valence-corrected chi connectivity index (χ1v) is 12.3. The lowest BCUT2D eigenvalue weighted by Crippen LogP contribution is -2.40. The highest BCUT2D eigenvalue weighted by atomic mass is 28.4. The number of hydrogen-bond acceptors (Lipinski definition) is 4. The molecule has 5 nitrogen and oxygen atoms in total. The van der Waals surface area contributed by atoms with E-state index in [1.54, 1.807) is 7.11 Å². The Morgan fingerprint density at radius 2 is 1.96 bits per heavy atom. The Morgan fingerprint density at radius 3 is 2.46 bits per heavy atom. The average molecular weight is 382 g/mol. The molecule has 1 aromatic rings. The van der Waals surface area contributed by atoms with Gasteiger partial charge in [-0.1, -0.05) is 40.5 Å². The summed E-state index contributed by atoms with van der Waals surface area (Å²) in [6.45, 7) is 13.6. The molecular weight excluding hydrogens is 346 g/mol. The fourth-order valence-electron chi connectivity index (χ4n) is 2.41. The van der Waals surface area contributed by atoms with E-state index in [4.69, 9.17) is 9.16 Å². The zero-order valence-electron chi connectivity index (χ0n) is 17.4. The molecule has 1 aromatic heterocycles. The van der Waals surface area contributed by atoms with Gasteiger partial charge in [-0.05, 0) is 36.2 Å². The number of hydrogen-bond donors (Lipinski definition) is 1. The van der Waals surface area contributed by atoms with Gasteiger partial charge in [-0.2, -0.15) is 0 Å². The molecule has 0 aliphatic carbocycles. The number of ether oxygens (including phenoxy) is 1. The van der Waals surface area contributed by atoms with E-state index in [9.17, 15) is 9.90 Å². The van der Waals surface area contributed by atoms with E-state index in [0.29, 0.717) is 25.3 Å². The second kappa shape index (κ2) is 9.51. The molecule has 26 heavy (non-hydrogen) atoms. The number of rotatable bonds is 10. The first kappa shape index (κ1) is 22.6. The minimum atomic E-state index is -1.86. The highest BCUT2D eigenvalue weighted by Gasteiger charge is 2.37. The minimum Gasteiger partial charge on any atom is -0.481 e. The molecule has 148 valence electrons. The van der Waals surface area contributed by atoms with Gasteiger partial charge in [-0.3, -0.25) is 4.79 Å². The van der Waals surface area contributed by atoms with E-state index < -0.39 is 20.2 Å². The molecule has 0 amide bonds. The third-order valence-electron chi connectivity index (χ3n) is 5.24. The van der Waals surface area contributed by atoms with Crippen molar-refractivity contribution in [2.75, 3.05) is 7.11 Å². The van der Waals surface area contributed by atoms with E-state index in [0.717, 1.165) is 24.1 Å². The summed E-state index contributed by atoms with van der Waals surface area (Å²) < 4.78 is 11.6. The van der Waals surface area contributed by atoms with Crippen LogP contribution < -0.4 is 4.74 Å². The lowest BCUT2D eigenvalue weighted by atomic mass is 9.96. The standard InChI is InChI=1S/C20H35NO4Si/c1-8-9-10-16(19(22)23)13-17-11-15(12-18(21-17)24-5)14-25-26(6,7)20(2,3)4/h11-12,16H,8-10,13-14H2,1-7H3,(H,22,23). The Labute approximate surface area is 159 Å². The third-order valence-corrected chi connectivity index (χ3v) is 9.72. The van der Waals surface area contributed by atoms with Crippen molar-refractivity contribution in [2.45, 2.75) is 78.1 Å². The van der Waals surface area contributed by atoms with E-state index >= 15 is 0 Å². The van der Waals surface area contributed by atoms with Crippen LogP contribution in [0.3, 0.4) is 0 Å². The monoisotopic (exact) mass is 381 g/mol. The van der Waals surface area contributed by atoms with Gasteiger partial charge in [0.1, 0.15) is 0 Å². The Kier molecular flexibility index (Phi) is 8.28. The Balaban J connectivity index is 2.95. The van der Waals surface area contributed by atoms with E-state index in [1.165, 1.54) is 0 Å². The number of aliphatic carboxylic acids is 1. The van der Waals surface area contributed by atoms with Gasteiger partial charge in [0.15, 0.2) is 8.32 Å². The predicted molar refractivity (Wildman–Crippen MR) is 107 cm³/mol. The summed E-state index contributed by atoms with van der Waals surface area (Å²) in [5.41, 5.74) is 1.73. The maximum absolute atomic E-state index is 11.5. The molecule has 1 unspecified atom stereocenters. The summed E-state index contributed by atoms with van der Waals surface area (Å²) >= 11 is 0. The minimum absolute atomic E-state index is 0.140. The smallest absolute Gasteiger partial charge is 0.306 e. The number of carboxylic acid groups (broad SMARTS) is 1. The third kappa shape index (κ3) is 6.72. The Morgan fingerprint density at radius 1 is 1.31 bits per heavy atom. The van der Waals surface area contributed by atoms with Crippen molar-refractivity contribution in [3.8, 4) is 5.88 Å². The molecule has 0 saturated heterocycles. The molecule has 0 aromatic carbocycles. The van der Waals surface area contributed by atoms with Crippen LogP contribution in [-0.4, -0.2) is 31.5 Å². The summed E-state index contributed by atoms with van der Waals surface area (Å²) in [6, 6.07) is 3.83. The number of methoxy groups -OCH3 is 1. The summed E-state index contributed by atoms with van der Waals surface area (Å²) in [5.74, 6) is -0.665. The van der Waals surface area contributed by atoms with Crippen LogP contribution in [0.2, 0.25) is 18.1 Å². The van der Waals surface area contributed by atoms with Gasteiger partial charge in [-0.25, -0.2) is 4.98 Å². The molecule has 0 saturated carbocycles. The van der Waals surface area contributed by atoms with Crippen molar-refractivity contribution in [1.82, 2.24) is 4.98 Å². The van der Waals surface area contributed by atoms with Gasteiger partial charge < -0.3 is 14.3 Å². The lowest BCUT2D eigenvalue weighted by molar-refractivity contribution is -0.142. The zero-order chi connectivity index (χ0) is 20.0. The van der Waals surface area contributed by atoms with Crippen LogP contribution in [0.25, 0.3) is 0 Å². The SMILES string of the molecule is CCCCC(Cc1cc(CO[Si](C)(C)C(C)(C)C)cc(OC)n1)C(=O)O. The van der Waals surface area contributed by atoms with Crippen LogP contribution in [0, 0.1) is 5.92 Å². The van der Waals surface area contributed by atoms with Crippen molar-refractivity contribution in [3.63, 3.8) is 0 Å². The van der Waals surface area contributed by atoms with E-state index in [-0.39, 0.29) is 5.04 Å². The number of aromatic nitrogens is 1. The maximum Gasteiger partial charge on any atom is 0.306 e. The van der Waals surface area contributed by atoms with E-state index in [1.807, 2.05) is 12.1 Å².